The van der Waals surface area contributed by atoms with Crippen molar-refractivity contribution in [3.63, 3.8) is 0 Å². The zero-order valence-electron chi connectivity index (χ0n) is 23.7. The molecule has 4 aromatic rings. The second-order valence-electron chi connectivity index (χ2n) is 10.4. The highest BCUT2D eigenvalue weighted by Gasteiger charge is 2.45. The molecule has 0 N–H and O–H groups in total. The summed E-state index contributed by atoms with van der Waals surface area (Å²) >= 11 is 1.77. The molecule has 5 rings (SSSR count). The number of thioether (sulfide) groups is 1. The van der Waals surface area contributed by atoms with E-state index in [0.717, 1.165) is 16.7 Å². The predicted octanol–water partition coefficient (Wildman–Crippen LogP) is 6.05. The van der Waals surface area contributed by atoms with E-state index in [2.05, 4.69) is 36.4 Å². The third-order valence-electron chi connectivity index (χ3n) is 7.61. The van der Waals surface area contributed by atoms with E-state index in [1.54, 1.807) is 23.9 Å². The fourth-order valence-corrected chi connectivity index (χ4v) is 8.81. The molecular weight excluding hydrogens is 567 g/mol. The first kappa shape index (κ1) is 30.0. The van der Waals surface area contributed by atoms with E-state index < -0.39 is 32.9 Å². The Morgan fingerprint density at radius 2 is 1.29 bits per heavy atom. The molecule has 1 saturated heterocycles. The lowest BCUT2D eigenvalue weighted by atomic mass is 9.84. The van der Waals surface area contributed by atoms with Gasteiger partial charge in [0.2, 0.25) is 10.0 Å². The summed E-state index contributed by atoms with van der Waals surface area (Å²) in [4.78, 5) is 12.6. The van der Waals surface area contributed by atoms with Gasteiger partial charge in [-0.2, -0.15) is 4.31 Å². The molecule has 0 spiro atoms. The van der Waals surface area contributed by atoms with Crippen molar-refractivity contribution in [1.29, 1.82) is 0 Å². The smallest absolute Gasteiger partial charge is 0.339 e. The molecular formula is C34H35NO5S2. The Bertz CT molecular complexity index is 1450. The maximum atomic E-state index is 13.0. The average Bonchev–Trinajstić information content (AvgIpc) is 3.45. The van der Waals surface area contributed by atoms with E-state index in [4.69, 9.17) is 9.47 Å². The van der Waals surface area contributed by atoms with Gasteiger partial charge in [-0.3, -0.25) is 0 Å². The summed E-state index contributed by atoms with van der Waals surface area (Å²) < 4.78 is 38.2. The van der Waals surface area contributed by atoms with Crippen LogP contribution in [0.4, 0.5) is 0 Å². The summed E-state index contributed by atoms with van der Waals surface area (Å²) in [5.74, 6) is -0.521. The lowest BCUT2D eigenvalue weighted by Gasteiger charge is -2.37. The number of rotatable bonds is 11. The normalized spacial score (nSPS) is 18.4. The van der Waals surface area contributed by atoms with Crippen LogP contribution in [-0.4, -0.2) is 56.5 Å². The topological polar surface area (TPSA) is 72.9 Å². The summed E-state index contributed by atoms with van der Waals surface area (Å²) in [5, 5.41) is -0.0535. The highest BCUT2D eigenvalue weighted by Crippen LogP contribution is 2.52. The zero-order valence-corrected chi connectivity index (χ0v) is 25.3. The van der Waals surface area contributed by atoms with Gasteiger partial charge in [0.1, 0.15) is 0 Å². The van der Waals surface area contributed by atoms with Crippen molar-refractivity contribution < 1.29 is 22.7 Å². The van der Waals surface area contributed by atoms with Gasteiger partial charge < -0.3 is 9.47 Å². The first-order valence-electron chi connectivity index (χ1n) is 13.9. The Kier molecular flexibility index (Phi) is 9.48. The van der Waals surface area contributed by atoms with Gasteiger partial charge in [-0.25, -0.2) is 13.2 Å². The van der Waals surface area contributed by atoms with Crippen molar-refractivity contribution in [1.82, 2.24) is 4.31 Å². The number of hydrogen-bond donors (Lipinski definition) is 0. The van der Waals surface area contributed by atoms with Gasteiger partial charge in [0, 0.05) is 17.8 Å². The summed E-state index contributed by atoms with van der Waals surface area (Å²) in [6.45, 7) is 0.397. The third-order valence-corrected chi connectivity index (χ3v) is 10.6. The first-order valence-corrected chi connectivity index (χ1v) is 16.6. The van der Waals surface area contributed by atoms with Crippen molar-refractivity contribution in [3.8, 4) is 0 Å². The SMILES string of the molecule is COC(=O)C(OC[C@@H]1C[C@@H](SC(c2ccccc2)(c2ccccc2)c2ccccc2)CN1S(C)(=O)=O)c1ccccc1. The standard InChI is InChI=1S/C34H35NO5S2/c1-39-33(36)32(26-15-7-3-8-16-26)40-25-30-23-31(24-35(30)42(2,37)38)41-34(27-17-9-4-10-18-27,28-19-11-5-12-20-28)29-21-13-6-14-22-29/h3-22,30-32H,23-25H2,1-2H3/t30-,31+,32?/m0/s1. The van der Waals surface area contributed by atoms with Crippen LogP contribution in [0.15, 0.2) is 121 Å². The van der Waals surface area contributed by atoms with Gasteiger partial charge >= 0.3 is 5.97 Å². The molecule has 0 radical (unpaired) electrons. The van der Waals surface area contributed by atoms with Gasteiger partial charge in [-0.15, -0.1) is 11.8 Å². The van der Waals surface area contributed by atoms with Crippen molar-refractivity contribution in [3.05, 3.63) is 144 Å². The quantitative estimate of drug-likeness (QED) is 0.154. The van der Waals surface area contributed by atoms with E-state index in [1.165, 1.54) is 17.7 Å². The molecule has 6 nitrogen and oxygen atoms in total. The molecule has 1 unspecified atom stereocenters. The maximum absolute atomic E-state index is 13.0. The van der Waals surface area contributed by atoms with Crippen LogP contribution < -0.4 is 0 Å². The second kappa shape index (κ2) is 13.3. The van der Waals surface area contributed by atoms with Gasteiger partial charge in [-0.05, 0) is 28.7 Å². The van der Waals surface area contributed by atoms with Crippen LogP contribution in [0, 0.1) is 0 Å². The van der Waals surface area contributed by atoms with E-state index in [-0.39, 0.29) is 11.9 Å². The number of hydrogen-bond acceptors (Lipinski definition) is 6. The van der Waals surface area contributed by atoms with Crippen molar-refractivity contribution in [2.24, 2.45) is 0 Å². The Labute approximate surface area is 252 Å². The molecule has 8 heteroatoms. The number of sulfonamides is 1. The van der Waals surface area contributed by atoms with E-state index in [9.17, 15) is 13.2 Å². The van der Waals surface area contributed by atoms with Crippen LogP contribution in [0.25, 0.3) is 0 Å². The largest absolute Gasteiger partial charge is 0.467 e. The highest BCUT2D eigenvalue weighted by atomic mass is 32.2. The number of esters is 1. The van der Waals surface area contributed by atoms with Gasteiger partial charge in [0.15, 0.2) is 6.10 Å². The number of benzene rings is 4. The summed E-state index contributed by atoms with van der Waals surface area (Å²) in [7, 11) is -2.23. The van der Waals surface area contributed by atoms with Crippen LogP contribution in [0.3, 0.4) is 0 Å². The molecule has 4 aromatic carbocycles. The van der Waals surface area contributed by atoms with Gasteiger partial charge in [0.25, 0.3) is 0 Å². The zero-order chi connectivity index (χ0) is 29.6. The predicted molar refractivity (Wildman–Crippen MR) is 168 cm³/mol. The van der Waals surface area contributed by atoms with Crippen molar-refractivity contribution >= 4 is 27.8 Å². The van der Waals surface area contributed by atoms with Crippen LogP contribution in [0.1, 0.15) is 34.8 Å². The minimum atomic E-state index is -3.55. The van der Waals surface area contributed by atoms with Crippen LogP contribution in [0.5, 0.6) is 0 Å². The molecule has 0 aromatic heterocycles. The lowest BCUT2D eigenvalue weighted by Crippen LogP contribution is -2.38. The third kappa shape index (κ3) is 6.47. The molecule has 0 saturated carbocycles. The number of carbonyl (C=O) groups excluding carboxylic acids is 1. The monoisotopic (exact) mass is 601 g/mol. The summed E-state index contributed by atoms with van der Waals surface area (Å²) in [6.07, 6.45) is 0.858. The Hall–Kier alpha value is -3.43. The van der Waals surface area contributed by atoms with Crippen molar-refractivity contribution in [2.45, 2.75) is 28.6 Å². The fourth-order valence-electron chi connectivity index (χ4n) is 5.70. The first-order chi connectivity index (χ1) is 20.3. The number of carbonyl (C=O) groups is 1. The molecule has 0 aliphatic carbocycles. The fraction of sp³-hybridized carbons (Fsp3) is 0.265. The summed E-state index contributed by atoms with van der Waals surface area (Å²) in [5.41, 5.74) is 4.02. The van der Waals surface area contributed by atoms with Crippen molar-refractivity contribution in [2.75, 3.05) is 26.5 Å². The molecule has 42 heavy (non-hydrogen) atoms. The molecule has 1 fully saturated rings. The molecule has 218 valence electrons. The van der Waals surface area contributed by atoms with E-state index in [1.807, 2.05) is 72.8 Å². The van der Waals surface area contributed by atoms with Crippen LogP contribution >= 0.6 is 11.8 Å². The molecule has 3 atom stereocenters. The van der Waals surface area contributed by atoms with Gasteiger partial charge in [0.05, 0.1) is 24.7 Å². The highest BCUT2D eigenvalue weighted by molar-refractivity contribution is 8.01. The van der Waals surface area contributed by atoms with E-state index >= 15 is 0 Å². The van der Waals surface area contributed by atoms with Crippen LogP contribution in [-0.2, 0) is 29.0 Å². The molecule has 0 bridgehead atoms. The Balaban J connectivity index is 1.49. The van der Waals surface area contributed by atoms with Gasteiger partial charge in [-0.1, -0.05) is 121 Å². The molecule has 1 aliphatic rings. The minimum Gasteiger partial charge on any atom is -0.467 e. The Morgan fingerprint density at radius 1 is 0.833 bits per heavy atom. The summed E-state index contributed by atoms with van der Waals surface area (Å²) in [6, 6.07) is 39.8. The number of methoxy groups -OCH3 is 1. The lowest BCUT2D eigenvalue weighted by molar-refractivity contribution is -0.155. The Morgan fingerprint density at radius 3 is 1.71 bits per heavy atom. The molecule has 1 aliphatic heterocycles. The molecule has 0 amide bonds. The minimum absolute atomic E-state index is 0.0535. The average molecular weight is 602 g/mol. The second-order valence-corrected chi connectivity index (χ2v) is 13.8. The maximum Gasteiger partial charge on any atom is 0.339 e. The van der Waals surface area contributed by atoms with Crippen LogP contribution in [0.2, 0.25) is 0 Å². The molecule has 1 heterocycles. The van der Waals surface area contributed by atoms with E-state index in [0.29, 0.717) is 18.5 Å². The number of nitrogens with zero attached hydrogens (tertiary/aromatic N) is 1. The number of ether oxygens (including phenoxy) is 2.